The van der Waals surface area contributed by atoms with E-state index in [4.69, 9.17) is 5.11 Å². The van der Waals surface area contributed by atoms with Gasteiger partial charge in [0.1, 0.15) is 4.21 Å². The van der Waals surface area contributed by atoms with Gasteiger partial charge < -0.3 is 5.11 Å². The van der Waals surface area contributed by atoms with Crippen LogP contribution in [0.5, 0.6) is 0 Å². The molecule has 18 heavy (non-hydrogen) atoms. The number of carboxylic acid groups (broad SMARTS) is 1. The summed E-state index contributed by atoms with van der Waals surface area (Å²) in [5, 5.41) is 10.3. The molecule has 0 radical (unpaired) electrons. The van der Waals surface area contributed by atoms with Crippen LogP contribution < -0.4 is 0 Å². The molecule has 0 amide bonds. The van der Waals surface area contributed by atoms with E-state index in [1.165, 1.54) is 4.31 Å². The monoisotopic (exact) mass is 355 g/mol. The first-order chi connectivity index (χ1) is 8.26. The van der Waals surface area contributed by atoms with E-state index in [0.717, 1.165) is 11.3 Å². The molecule has 0 spiro atoms. The van der Waals surface area contributed by atoms with E-state index < -0.39 is 16.0 Å². The summed E-state index contributed by atoms with van der Waals surface area (Å²) in [5.41, 5.74) is 0. The molecule has 1 aromatic heterocycles. The molecule has 0 aliphatic carbocycles. The fourth-order valence-corrected chi connectivity index (χ4v) is 5.50. The zero-order valence-electron chi connectivity index (χ0n) is 9.96. The van der Waals surface area contributed by atoms with Crippen LogP contribution in [0.3, 0.4) is 0 Å². The number of carboxylic acids is 1. The van der Waals surface area contributed by atoms with Gasteiger partial charge in [-0.25, -0.2) is 8.42 Å². The molecule has 0 saturated carbocycles. The van der Waals surface area contributed by atoms with Crippen LogP contribution in [0.1, 0.15) is 20.3 Å². The minimum absolute atomic E-state index is 0.0281. The molecule has 102 valence electrons. The molecule has 1 aromatic rings. The van der Waals surface area contributed by atoms with Crippen LogP contribution in [0, 0.1) is 0 Å². The second kappa shape index (κ2) is 6.14. The van der Waals surface area contributed by atoms with Crippen LogP contribution in [-0.4, -0.2) is 36.4 Å². The van der Waals surface area contributed by atoms with E-state index in [0.29, 0.717) is 4.47 Å². The summed E-state index contributed by atoms with van der Waals surface area (Å²) in [5.74, 6) is -1.01. The highest BCUT2D eigenvalue weighted by Gasteiger charge is 2.30. The van der Waals surface area contributed by atoms with Crippen molar-refractivity contribution < 1.29 is 18.3 Å². The summed E-state index contributed by atoms with van der Waals surface area (Å²) in [6, 6.07) is 1.37. The van der Waals surface area contributed by atoms with E-state index in [2.05, 4.69) is 15.9 Å². The van der Waals surface area contributed by atoms with Crippen molar-refractivity contribution in [3.05, 3.63) is 15.9 Å². The zero-order chi connectivity index (χ0) is 13.9. The highest BCUT2D eigenvalue weighted by Crippen LogP contribution is 2.31. The maximum absolute atomic E-state index is 12.4. The van der Waals surface area contributed by atoms with Crippen molar-refractivity contribution in [1.29, 1.82) is 0 Å². The van der Waals surface area contributed by atoms with Crippen LogP contribution in [0.2, 0.25) is 0 Å². The first-order valence-electron chi connectivity index (χ1n) is 5.23. The summed E-state index contributed by atoms with van der Waals surface area (Å²) >= 11 is 4.30. The Morgan fingerprint density at radius 1 is 1.56 bits per heavy atom. The molecule has 1 N–H and O–H groups in total. The lowest BCUT2D eigenvalue weighted by molar-refractivity contribution is -0.137. The quantitative estimate of drug-likeness (QED) is 0.849. The van der Waals surface area contributed by atoms with Gasteiger partial charge in [-0.1, -0.05) is 0 Å². The van der Waals surface area contributed by atoms with Gasteiger partial charge in [-0.2, -0.15) is 4.31 Å². The highest BCUT2D eigenvalue weighted by molar-refractivity contribution is 9.10. The van der Waals surface area contributed by atoms with Crippen molar-refractivity contribution in [1.82, 2.24) is 4.31 Å². The average molecular weight is 356 g/mol. The highest BCUT2D eigenvalue weighted by atomic mass is 79.9. The first-order valence-corrected chi connectivity index (χ1v) is 8.34. The Morgan fingerprint density at radius 3 is 2.56 bits per heavy atom. The van der Waals surface area contributed by atoms with E-state index in [1.54, 1.807) is 25.3 Å². The van der Waals surface area contributed by atoms with Gasteiger partial charge in [0.2, 0.25) is 0 Å². The molecule has 0 saturated heterocycles. The fourth-order valence-electron chi connectivity index (χ4n) is 1.43. The third-order valence-electron chi connectivity index (χ3n) is 2.25. The predicted octanol–water partition coefficient (Wildman–Crippen LogP) is 2.38. The van der Waals surface area contributed by atoms with Gasteiger partial charge in [-0.05, 0) is 41.2 Å². The molecule has 0 aliphatic rings. The van der Waals surface area contributed by atoms with Crippen molar-refractivity contribution in [2.75, 3.05) is 6.54 Å². The largest absolute Gasteiger partial charge is 0.481 e. The van der Waals surface area contributed by atoms with Crippen molar-refractivity contribution >= 4 is 43.3 Å². The first kappa shape index (κ1) is 15.6. The SMILES string of the molecule is CC(C)N(CCC(=O)O)S(=O)(=O)c1sccc1Br. The Morgan fingerprint density at radius 2 is 2.17 bits per heavy atom. The lowest BCUT2D eigenvalue weighted by Crippen LogP contribution is -2.38. The van der Waals surface area contributed by atoms with Gasteiger partial charge >= 0.3 is 5.97 Å². The third-order valence-corrected chi connectivity index (χ3v) is 6.97. The second-order valence-electron chi connectivity index (χ2n) is 3.91. The molecule has 5 nitrogen and oxygen atoms in total. The number of aliphatic carboxylic acids is 1. The van der Waals surface area contributed by atoms with Crippen molar-refractivity contribution in [3.8, 4) is 0 Å². The zero-order valence-corrected chi connectivity index (χ0v) is 13.2. The van der Waals surface area contributed by atoms with Crippen LogP contribution in [0.15, 0.2) is 20.1 Å². The minimum Gasteiger partial charge on any atom is -0.481 e. The molecule has 0 aliphatic heterocycles. The van der Waals surface area contributed by atoms with Crippen molar-refractivity contribution in [3.63, 3.8) is 0 Å². The van der Waals surface area contributed by atoms with Gasteiger partial charge in [0.25, 0.3) is 10.0 Å². The lowest BCUT2D eigenvalue weighted by Gasteiger charge is -2.24. The molecule has 0 fully saturated rings. The Kier molecular flexibility index (Phi) is 5.32. The Hall–Kier alpha value is -0.440. The molecular formula is C10H14BrNO4S2. The summed E-state index contributed by atoms with van der Waals surface area (Å²) in [4.78, 5) is 10.6. The molecule has 0 unspecified atom stereocenters. The van der Waals surface area contributed by atoms with Gasteiger partial charge in [-0.3, -0.25) is 4.79 Å². The maximum Gasteiger partial charge on any atom is 0.304 e. The summed E-state index contributed by atoms with van der Waals surface area (Å²) < 4.78 is 26.7. The molecule has 0 bridgehead atoms. The molecule has 8 heteroatoms. The predicted molar refractivity (Wildman–Crippen MR) is 73.3 cm³/mol. The Bertz CT molecular complexity index is 524. The lowest BCUT2D eigenvalue weighted by atomic mass is 10.3. The number of halogens is 1. The van der Waals surface area contributed by atoms with Crippen LogP contribution in [0.25, 0.3) is 0 Å². The third kappa shape index (κ3) is 3.53. The Labute approximate surface area is 119 Å². The fraction of sp³-hybridized carbons (Fsp3) is 0.500. The van der Waals surface area contributed by atoms with E-state index in [-0.39, 0.29) is 23.2 Å². The summed E-state index contributed by atoms with van der Waals surface area (Å²) in [7, 11) is -3.64. The average Bonchev–Trinajstić information content (AvgIpc) is 2.63. The van der Waals surface area contributed by atoms with E-state index >= 15 is 0 Å². The molecule has 1 rings (SSSR count). The maximum atomic E-state index is 12.4. The van der Waals surface area contributed by atoms with Crippen molar-refractivity contribution in [2.45, 2.75) is 30.5 Å². The van der Waals surface area contributed by atoms with Gasteiger partial charge in [0.05, 0.1) is 6.42 Å². The second-order valence-corrected chi connectivity index (χ2v) is 7.77. The number of thiophene rings is 1. The van der Waals surface area contributed by atoms with Crippen LogP contribution >= 0.6 is 27.3 Å². The van der Waals surface area contributed by atoms with Crippen LogP contribution in [0.4, 0.5) is 0 Å². The number of carbonyl (C=O) groups is 1. The van der Waals surface area contributed by atoms with Gasteiger partial charge in [0, 0.05) is 17.1 Å². The number of hydrogen-bond donors (Lipinski definition) is 1. The molecular weight excluding hydrogens is 342 g/mol. The van der Waals surface area contributed by atoms with E-state index in [9.17, 15) is 13.2 Å². The summed E-state index contributed by atoms with van der Waals surface area (Å²) in [6.07, 6.45) is -0.208. The normalized spacial score (nSPS) is 12.3. The summed E-state index contributed by atoms with van der Waals surface area (Å²) in [6.45, 7) is 3.42. The standard InChI is InChI=1S/C10H14BrNO4S2/c1-7(2)12(5-3-9(13)14)18(15,16)10-8(11)4-6-17-10/h4,6-7H,3,5H2,1-2H3,(H,13,14). The van der Waals surface area contributed by atoms with Gasteiger partial charge in [-0.15, -0.1) is 11.3 Å². The van der Waals surface area contributed by atoms with E-state index in [1.807, 2.05) is 0 Å². The van der Waals surface area contributed by atoms with Crippen molar-refractivity contribution in [2.24, 2.45) is 0 Å². The molecule has 0 atom stereocenters. The topological polar surface area (TPSA) is 74.7 Å². The smallest absolute Gasteiger partial charge is 0.304 e. The van der Waals surface area contributed by atoms with Crippen LogP contribution in [-0.2, 0) is 14.8 Å². The van der Waals surface area contributed by atoms with Gasteiger partial charge in [0.15, 0.2) is 0 Å². The Balaban J connectivity index is 3.05. The number of nitrogens with zero attached hydrogens (tertiary/aromatic N) is 1. The molecule has 1 heterocycles. The number of hydrogen-bond acceptors (Lipinski definition) is 4. The number of rotatable bonds is 6. The minimum atomic E-state index is -3.64. The number of sulfonamides is 1. The molecule has 0 aromatic carbocycles.